The molecule has 0 unspecified atom stereocenters. The molecule has 2 rings (SSSR count). The molecule has 0 saturated heterocycles. The molecule has 19 heavy (non-hydrogen) atoms. The van der Waals surface area contributed by atoms with Gasteiger partial charge >= 0.3 is 6.01 Å². The van der Waals surface area contributed by atoms with Crippen LogP contribution in [0.5, 0.6) is 5.75 Å². The van der Waals surface area contributed by atoms with Crippen LogP contribution in [0.15, 0.2) is 22.6 Å². The van der Waals surface area contributed by atoms with Gasteiger partial charge in [-0.3, -0.25) is 0 Å². The van der Waals surface area contributed by atoms with Crippen LogP contribution in [0.1, 0.15) is 12.8 Å². The molecule has 0 amide bonds. The second-order valence-electron chi connectivity index (χ2n) is 3.75. The highest BCUT2D eigenvalue weighted by Crippen LogP contribution is 2.28. The number of anilines is 2. The van der Waals surface area contributed by atoms with Crippen molar-refractivity contribution in [2.45, 2.75) is 13.5 Å². The summed E-state index contributed by atoms with van der Waals surface area (Å²) < 4.78 is 10.6. The average molecular weight is 283 g/mol. The predicted molar refractivity (Wildman–Crippen MR) is 73.0 cm³/mol. The van der Waals surface area contributed by atoms with E-state index in [-0.39, 0.29) is 0 Å². The first-order chi connectivity index (χ1) is 9.22. The Morgan fingerprint density at radius 2 is 2.21 bits per heavy atom. The molecule has 7 heteroatoms. The Morgan fingerprint density at radius 3 is 2.95 bits per heavy atom. The number of hydrogen-bond donors (Lipinski definition) is 2. The maximum absolute atomic E-state index is 6.07. The van der Waals surface area contributed by atoms with Crippen LogP contribution >= 0.6 is 11.6 Å². The highest BCUT2D eigenvalue weighted by Gasteiger charge is 2.08. The molecule has 0 spiro atoms. The highest BCUT2D eigenvalue weighted by molar-refractivity contribution is 6.33. The third-order valence-corrected chi connectivity index (χ3v) is 2.74. The van der Waals surface area contributed by atoms with E-state index in [1.807, 2.05) is 6.92 Å². The Kier molecular flexibility index (Phi) is 4.59. The number of halogens is 1. The van der Waals surface area contributed by atoms with Gasteiger partial charge in [0.1, 0.15) is 5.75 Å². The summed E-state index contributed by atoms with van der Waals surface area (Å²) in [6, 6.07) is 5.57. The van der Waals surface area contributed by atoms with E-state index in [0.717, 1.165) is 6.54 Å². The molecule has 2 aromatic rings. The molecule has 0 aliphatic carbocycles. The number of rotatable bonds is 6. The first-order valence-electron chi connectivity index (χ1n) is 5.86. The van der Waals surface area contributed by atoms with Crippen LogP contribution in [0, 0.1) is 0 Å². The van der Waals surface area contributed by atoms with Crippen LogP contribution in [-0.2, 0) is 6.54 Å². The molecule has 1 aromatic heterocycles. The second kappa shape index (κ2) is 6.40. The average Bonchev–Trinajstić information content (AvgIpc) is 2.86. The van der Waals surface area contributed by atoms with Crippen molar-refractivity contribution in [2.75, 3.05) is 19.0 Å². The van der Waals surface area contributed by atoms with Crippen molar-refractivity contribution in [3.63, 3.8) is 0 Å². The summed E-state index contributed by atoms with van der Waals surface area (Å²) in [5, 5.41) is 14.4. The molecule has 0 aliphatic rings. The quantitative estimate of drug-likeness (QED) is 0.848. The molecule has 1 heterocycles. The minimum Gasteiger partial charge on any atom is -0.497 e. The predicted octanol–water partition coefficient (Wildman–Crippen LogP) is 2.58. The first-order valence-corrected chi connectivity index (χ1v) is 6.24. The summed E-state index contributed by atoms with van der Waals surface area (Å²) in [5.41, 5.74) is 0.652. The standard InChI is InChI=1S/C12H15ClN4O2/c1-3-14-7-11-16-17-12(19-11)15-10-6-8(18-2)4-5-9(10)13/h4-6,14H,3,7H2,1-2H3,(H,15,17). The lowest BCUT2D eigenvalue weighted by Gasteiger charge is -2.06. The number of aromatic nitrogens is 2. The van der Waals surface area contributed by atoms with E-state index in [2.05, 4.69) is 20.8 Å². The van der Waals surface area contributed by atoms with Crippen molar-refractivity contribution in [2.24, 2.45) is 0 Å². The van der Waals surface area contributed by atoms with Gasteiger partial charge in [-0.25, -0.2) is 0 Å². The zero-order chi connectivity index (χ0) is 13.7. The molecular weight excluding hydrogens is 268 g/mol. The molecule has 2 N–H and O–H groups in total. The molecule has 0 atom stereocenters. The van der Waals surface area contributed by atoms with Crippen LogP contribution in [0.3, 0.4) is 0 Å². The van der Waals surface area contributed by atoms with Crippen LogP contribution in [0.4, 0.5) is 11.7 Å². The zero-order valence-corrected chi connectivity index (χ0v) is 11.5. The minimum absolute atomic E-state index is 0.294. The molecule has 0 fully saturated rings. The third-order valence-electron chi connectivity index (χ3n) is 2.41. The monoisotopic (exact) mass is 282 g/mol. The number of benzene rings is 1. The smallest absolute Gasteiger partial charge is 0.320 e. The Morgan fingerprint density at radius 1 is 1.37 bits per heavy atom. The summed E-state index contributed by atoms with van der Waals surface area (Å²) in [4.78, 5) is 0. The van der Waals surface area contributed by atoms with E-state index >= 15 is 0 Å². The topological polar surface area (TPSA) is 72.2 Å². The van der Waals surface area contributed by atoms with Crippen molar-refractivity contribution in [1.29, 1.82) is 0 Å². The molecule has 1 aromatic carbocycles. The van der Waals surface area contributed by atoms with Crippen molar-refractivity contribution in [1.82, 2.24) is 15.5 Å². The normalized spacial score (nSPS) is 10.5. The summed E-state index contributed by atoms with van der Waals surface area (Å²) in [5.74, 6) is 1.21. The molecule has 0 aliphatic heterocycles. The summed E-state index contributed by atoms with van der Waals surface area (Å²) in [6.45, 7) is 3.38. The molecule has 0 bridgehead atoms. The Bertz CT molecular complexity index is 544. The van der Waals surface area contributed by atoms with E-state index in [9.17, 15) is 0 Å². The third kappa shape index (κ3) is 3.59. The van der Waals surface area contributed by atoms with Gasteiger partial charge < -0.3 is 19.8 Å². The summed E-state index contributed by atoms with van der Waals surface area (Å²) >= 11 is 6.07. The Balaban J connectivity index is 2.10. The highest BCUT2D eigenvalue weighted by atomic mass is 35.5. The SMILES string of the molecule is CCNCc1nnc(Nc2cc(OC)ccc2Cl)o1. The van der Waals surface area contributed by atoms with Gasteiger partial charge in [0.2, 0.25) is 5.89 Å². The number of methoxy groups -OCH3 is 1. The van der Waals surface area contributed by atoms with E-state index in [0.29, 0.717) is 34.9 Å². The van der Waals surface area contributed by atoms with Gasteiger partial charge in [-0.15, -0.1) is 5.10 Å². The molecule has 0 saturated carbocycles. The number of hydrogen-bond acceptors (Lipinski definition) is 6. The number of ether oxygens (including phenoxy) is 1. The number of nitrogens with zero attached hydrogens (tertiary/aromatic N) is 2. The van der Waals surface area contributed by atoms with Gasteiger partial charge in [0, 0.05) is 6.07 Å². The van der Waals surface area contributed by atoms with Gasteiger partial charge in [0.25, 0.3) is 0 Å². The Labute approximate surface area is 116 Å². The van der Waals surface area contributed by atoms with Gasteiger partial charge in [0.15, 0.2) is 0 Å². The lowest BCUT2D eigenvalue weighted by atomic mass is 10.3. The first kappa shape index (κ1) is 13.6. The van der Waals surface area contributed by atoms with Crippen LogP contribution < -0.4 is 15.4 Å². The number of nitrogens with one attached hydrogen (secondary N) is 2. The van der Waals surface area contributed by atoms with Crippen molar-refractivity contribution >= 4 is 23.3 Å². The van der Waals surface area contributed by atoms with Crippen molar-refractivity contribution in [3.05, 3.63) is 29.1 Å². The van der Waals surface area contributed by atoms with E-state index < -0.39 is 0 Å². The Hall–Kier alpha value is -1.79. The second-order valence-corrected chi connectivity index (χ2v) is 4.16. The van der Waals surface area contributed by atoms with Gasteiger partial charge in [-0.05, 0) is 18.7 Å². The maximum Gasteiger partial charge on any atom is 0.320 e. The fourth-order valence-corrected chi connectivity index (χ4v) is 1.61. The zero-order valence-electron chi connectivity index (χ0n) is 10.7. The van der Waals surface area contributed by atoms with Crippen molar-refractivity contribution < 1.29 is 9.15 Å². The van der Waals surface area contributed by atoms with Gasteiger partial charge in [-0.2, -0.15) is 0 Å². The van der Waals surface area contributed by atoms with Crippen molar-refractivity contribution in [3.8, 4) is 5.75 Å². The lowest BCUT2D eigenvalue weighted by Crippen LogP contribution is -2.11. The van der Waals surface area contributed by atoms with Crippen LogP contribution in [-0.4, -0.2) is 23.9 Å². The lowest BCUT2D eigenvalue weighted by molar-refractivity contribution is 0.415. The fraction of sp³-hybridized carbons (Fsp3) is 0.333. The van der Waals surface area contributed by atoms with E-state index in [1.165, 1.54) is 0 Å². The molecule has 102 valence electrons. The summed E-state index contributed by atoms with van der Waals surface area (Å²) in [7, 11) is 1.59. The fourth-order valence-electron chi connectivity index (χ4n) is 1.45. The van der Waals surface area contributed by atoms with Gasteiger partial charge in [-0.1, -0.05) is 23.6 Å². The van der Waals surface area contributed by atoms with E-state index in [1.54, 1.807) is 25.3 Å². The summed E-state index contributed by atoms with van der Waals surface area (Å²) in [6.07, 6.45) is 0. The largest absolute Gasteiger partial charge is 0.497 e. The maximum atomic E-state index is 6.07. The van der Waals surface area contributed by atoms with E-state index in [4.69, 9.17) is 20.8 Å². The van der Waals surface area contributed by atoms with Gasteiger partial charge in [0.05, 0.1) is 24.4 Å². The van der Waals surface area contributed by atoms with Crippen LogP contribution in [0.2, 0.25) is 5.02 Å². The molecular formula is C12H15ClN4O2. The van der Waals surface area contributed by atoms with Crippen LogP contribution in [0.25, 0.3) is 0 Å². The molecule has 0 radical (unpaired) electrons. The molecule has 6 nitrogen and oxygen atoms in total. The minimum atomic E-state index is 0.294.